The SMILES string of the molecule is CN(C)C(=O)c1ccc(Nc2cc(Nc3ccc[n+](C)c3)c(C(F)(F)F)cn2)nc1. The number of aryl methyl sites for hydroxylation is 1. The molecule has 0 atom stereocenters. The maximum atomic E-state index is 13.4. The zero-order valence-corrected chi connectivity index (χ0v) is 16.5. The fourth-order valence-corrected chi connectivity index (χ4v) is 2.65. The Hall–Kier alpha value is -3.69. The van der Waals surface area contributed by atoms with Crippen LogP contribution in [0.25, 0.3) is 0 Å². The molecule has 2 N–H and O–H groups in total. The monoisotopic (exact) mass is 417 g/mol. The first-order chi connectivity index (χ1) is 14.1. The first-order valence-corrected chi connectivity index (χ1v) is 8.88. The largest absolute Gasteiger partial charge is 0.419 e. The maximum Gasteiger partial charge on any atom is 0.419 e. The van der Waals surface area contributed by atoms with Crippen LogP contribution in [0.3, 0.4) is 0 Å². The molecule has 0 aliphatic heterocycles. The molecule has 0 spiro atoms. The molecule has 1 amide bonds. The molecule has 3 rings (SSSR count). The molecule has 0 aliphatic carbocycles. The molecule has 30 heavy (non-hydrogen) atoms. The van der Waals surface area contributed by atoms with E-state index in [1.165, 1.54) is 17.2 Å². The number of pyridine rings is 3. The van der Waals surface area contributed by atoms with Gasteiger partial charge in [-0.25, -0.2) is 14.5 Å². The van der Waals surface area contributed by atoms with Gasteiger partial charge in [-0.2, -0.15) is 13.2 Å². The third kappa shape index (κ3) is 5.02. The summed E-state index contributed by atoms with van der Waals surface area (Å²) >= 11 is 0. The van der Waals surface area contributed by atoms with Crippen molar-refractivity contribution in [1.29, 1.82) is 0 Å². The summed E-state index contributed by atoms with van der Waals surface area (Å²) in [6.07, 6.45) is 1.01. The highest BCUT2D eigenvalue weighted by atomic mass is 19.4. The lowest BCUT2D eigenvalue weighted by atomic mass is 10.2. The molecule has 3 heterocycles. The Morgan fingerprint density at radius 1 is 1.07 bits per heavy atom. The summed E-state index contributed by atoms with van der Waals surface area (Å²) in [6, 6.07) is 7.77. The highest BCUT2D eigenvalue weighted by Gasteiger charge is 2.34. The first-order valence-electron chi connectivity index (χ1n) is 8.88. The van der Waals surface area contributed by atoms with Crippen LogP contribution in [0.1, 0.15) is 15.9 Å². The summed E-state index contributed by atoms with van der Waals surface area (Å²) in [7, 11) is 5.02. The molecule has 0 unspecified atom stereocenters. The van der Waals surface area contributed by atoms with Gasteiger partial charge in [-0.15, -0.1) is 0 Å². The highest BCUT2D eigenvalue weighted by molar-refractivity contribution is 5.93. The molecular weight excluding hydrogens is 397 g/mol. The van der Waals surface area contributed by atoms with Crippen LogP contribution >= 0.6 is 0 Å². The zero-order valence-electron chi connectivity index (χ0n) is 16.5. The van der Waals surface area contributed by atoms with E-state index in [0.29, 0.717) is 17.1 Å². The molecule has 0 bridgehead atoms. The minimum atomic E-state index is -4.57. The van der Waals surface area contributed by atoms with E-state index in [9.17, 15) is 18.0 Å². The number of anilines is 4. The molecule has 0 saturated heterocycles. The van der Waals surface area contributed by atoms with Crippen molar-refractivity contribution in [1.82, 2.24) is 14.9 Å². The van der Waals surface area contributed by atoms with Gasteiger partial charge in [-0.1, -0.05) is 0 Å². The zero-order chi connectivity index (χ0) is 21.9. The topological polar surface area (TPSA) is 74.0 Å². The van der Waals surface area contributed by atoms with Crippen molar-refractivity contribution >= 4 is 28.9 Å². The third-order valence-corrected chi connectivity index (χ3v) is 4.10. The van der Waals surface area contributed by atoms with E-state index in [0.717, 1.165) is 6.20 Å². The molecular formula is C20H20F3N6O+. The van der Waals surface area contributed by atoms with E-state index in [2.05, 4.69) is 20.6 Å². The third-order valence-electron chi connectivity index (χ3n) is 4.10. The van der Waals surface area contributed by atoms with Gasteiger partial charge in [-0.3, -0.25) is 4.79 Å². The number of rotatable bonds is 5. The Bertz CT molecular complexity index is 1050. The van der Waals surface area contributed by atoms with Gasteiger partial charge in [0.2, 0.25) is 0 Å². The van der Waals surface area contributed by atoms with Gasteiger partial charge in [0.1, 0.15) is 24.4 Å². The summed E-state index contributed by atoms with van der Waals surface area (Å²) in [6.45, 7) is 0. The van der Waals surface area contributed by atoms with E-state index >= 15 is 0 Å². The molecule has 0 fully saturated rings. The number of halogens is 3. The molecule has 3 aromatic rings. The molecule has 7 nitrogen and oxygen atoms in total. The van der Waals surface area contributed by atoms with Crippen molar-refractivity contribution in [2.45, 2.75) is 6.18 Å². The number of carbonyl (C=O) groups excluding carboxylic acids is 1. The number of nitrogens with zero attached hydrogens (tertiary/aromatic N) is 4. The standard InChI is InChI=1S/C20H19F3N6O/c1-28(2)19(30)13-6-7-17(24-10-13)27-18-9-16(15(11-25-18)20(21,22)23)26-14-5-4-8-29(3)12-14/h4-12H,1-3H3,(H-,24,25,26,27,30)/p+1. The normalized spacial score (nSPS) is 11.1. The Balaban J connectivity index is 1.88. The van der Waals surface area contributed by atoms with Crippen molar-refractivity contribution in [3.05, 3.63) is 66.2 Å². The van der Waals surface area contributed by atoms with Crippen molar-refractivity contribution in [3.63, 3.8) is 0 Å². The van der Waals surface area contributed by atoms with Crippen LogP contribution in [0, 0.1) is 0 Å². The minimum absolute atomic E-state index is 0.148. The summed E-state index contributed by atoms with van der Waals surface area (Å²) < 4.78 is 42.0. The van der Waals surface area contributed by atoms with Crippen LogP contribution in [0.2, 0.25) is 0 Å². The van der Waals surface area contributed by atoms with E-state index < -0.39 is 11.7 Å². The summed E-state index contributed by atoms with van der Waals surface area (Å²) in [5.74, 6) is 0.309. The molecule has 156 valence electrons. The number of hydrogen-bond acceptors (Lipinski definition) is 5. The average Bonchev–Trinajstić information content (AvgIpc) is 2.67. The van der Waals surface area contributed by atoms with E-state index in [1.54, 1.807) is 62.4 Å². The van der Waals surface area contributed by atoms with Crippen molar-refractivity contribution in [3.8, 4) is 0 Å². The predicted octanol–water partition coefficient (Wildman–Crippen LogP) is 3.51. The molecule has 0 saturated carbocycles. The Morgan fingerprint density at radius 3 is 2.40 bits per heavy atom. The number of hydrogen-bond donors (Lipinski definition) is 2. The number of carbonyl (C=O) groups is 1. The van der Waals surface area contributed by atoms with Gasteiger partial charge >= 0.3 is 6.18 Å². The van der Waals surface area contributed by atoms with Gasteiger partial charge in [0.05, 0.1) is 16.8 Å². The Kier molecular flexibility index (Phi) is 5.86. The van der Waals surface area contributed by atoms with E-state index in [4.69, 9.17) is 0 Å². The van der Waals surface area contributed by atoms with Crippen molar-refractivity contribution in [2.24, 2.45) is 7.05 Å². The smallest absolute Gasteiger partial charge is 0.350 e. The average molecular weight is 417 g/mol. The van der Waals surface area contributed by atoms with E-state index in [1.807, 2.05) is 0 Å². The minimum Gasteiger partial charge on any atom is -0.350 e. The van der Waals surface area contributed by atoms with Crippen LogP contribution < -0.4 is 15.2 Å². The van der Waals surface area contributed by atoms with Crippen LogP contribution in [-0.2, 0) is 13.2 Å². The number of aromatic nitrogens is 3. The lowest BCUT2D eigenvalue weighted by Crippen LogP contribution is -2.26. The predicted molar refractivity (Wildman–Crippen MR) is 106 cm³/mol. The van der Waals surface area contributed by atoms with Gasteiger partial charge in [-0.05, 0) is 18.2 Å². The van der Waals surface area contributed by atoms with Gasteiger partial charge in [0.25, 0.3) is 5.91 Å². The fraction of sp³-hybridized carbons (Fsp3) is 0.200. The second kappa shape index (κ2) is 8.36. The quantitative estimate of drug-likeness (QED) is 0.622. The van der Waals surface area contributed by atoms with Crippen molar-refractivity contribution in [2.75, 3.05) is 24.7 Å². The van der Waals surface area contributed by atoms with Crippen LogP contribution in [0.4, 0.5) is 36.2 Å². The number of amides is 1. The first kappa shape index (κ1) is 21.0. The highest BCUT2D eigenvalue weighted by Crippen LogP contribution is 2.36. The van der Waals surface area contributed by atoms with Gasteiger partial charge in [0, 0.05) is 38.6 Å². The fourth-order valence-electron chi connectivity index (χ4n) is 2.65. The lowest BCUT2D eigenvalue weighted by molar-refractivity contribution is -0.670. The second-order valence-electron chi connectivity index (χ2n) is 6.75. The van der Waals surface area contributed by atoms with E-state index in [-0.39, 0.29) is 17.4 Å². The molecule has 0 aromatic carbocycles. The van der Waals surface area contributed by atoms with Gasteiger partial charge in [0.15, 0.2) is 12.4 Å². The Morgan fingerprint density at radius 2 is 1.80 bits per heavy atom. The maximum absolute atomic E-state index is 13.4. The summed E-state index contributed by atoms with van der Waals surface area (Å²) in [5.41, 5.74) is -0.150. The number of alkyl halides is 3. The summed E-state index contributed by atoms with van der Waals surface area (Å²) in [4.78, 5) is 21.3. The lowest BCUT2D eigenvalue weighted by Gasteiger charge is -2.15. The second-order valence-corrected chi connectivity index (χ2v) is 6.75. The van der Waals surface area contributed by atoms with Crippen LogP contribution in [0.5, 0.6) is 0 Å². The van der Waals surface area contributed by atoms with Crippen molar-refractivity contribution < 1.29 is 22.5 Å². The van der Waals surface area contributed by atoms with Crippen LogP contribution in [0.15, 0.2) is 55.1 Å². The van der Waals surface area contributed by atoms with Crippen LogP contribution in [-0.4, -0.2) is 34.9 Å². The molecule has 10 heteroatoms. The molecule has 0 aliphatic rings. The van der Waals surface area contributed by atoms with Gasteiger partial charge < -0.3 is 15.5 Å². The molecule has 3 aromatic heterocycles. The number of nitrogens with one attached hydrogen (secondary N) is 2. The molecule has 0 radical (unpaired) electrons. The Labute approximate surface area is 171 Å². The summed E-state index contributed by atoms with van der Waals surface area (Å²) in [5, 5.41) is 5.65.